The molecule has 2 nitrogen and oxygen atoms in total. The molecule has 2 aromatic rings. The predicted molar refractivity (Wildman–Crippen MR) is 82.7 cm³/mol. The fourth-order valence-electron chi connectivity index (χ4n) is 2.13. The van der Waals surface area contributed by atoms with E-state index in [9.17, 15) is 4.79 Å². The number of Topliss-reactive ketones (excluding diaryl/α,β-unsaturated/α-hetero) is 1. The van der Waals surface area contributed by atoms with Gasteiger partial charge in [0.15, 0.2) is 0 Å². The maximum absolute atomic E-state index is 12.0. The Hall–Kier alpha value is -1.22. The number of rotatable bonds is 4. The molecule has 0 fully saturated rings. The molecule has 1 aromatic heterocycles. The lowest BCUT2D eigenvalue weighted by Crippen LogP contribution is -2.21. The Kier molecular flexibility index (Phi) is 4.35. The first-order valence-corrected chi connectivity index (χ1v) is 7.43. The third-order valence-electron chi connectivity index (χ3n) is 3.22. The van der Waals surface area contributed by atoms with Crippen molar-refractivity contribution in [3.63, 3.8) is 0 Å². The van der Waals surface area contributed by atoms with Crippen molar-refractivity contribution in [3.05, 3.63) is 41.6 Å². The van der Waals surface area contributed by atoms with Gasteiger partial charge in [-0.3, -0.25) is 9.78 Å². The van der Waals surface area contributed by atoms with Gasteiger partial charge < -0.3 is 0 Å². The topological polar surface area (TPSA) is 30.0 Å². The summed E-state index contributed by atoms with van der Waals surface area (Å²) in [5.74, 6) is 0.290. The maximum Gasteiger partial charge on any atom is 0.149 e. The van der Waals surface area contributed by atoms with Crippen LogP contribution in [0.15, 0.2) is 30.3 Å². The van der Waals surface area contributed by atoms with Crippen LogP contribution in [0.2, 0.25) is 0 Å². The normalized spacial score (nSPS) is 12.9. The number of hydrogen-bond donors (Lipinski definition) is 0. The van der Waals surface area contributed by atoms with Gasteiger partial charge in [0.05, 0.1) is 10.3 Å². The van der Waals surface area contributed by atoms with Crippen LogP contribution in [0.5, 0.6) is 0 Å². The summed E-state index contributed by atoms with van der Waals surface area (Å²) in [7, 11) is 0. The molecule has 100 valence electrons. The molecule has 1 aromatic carbocycles. The molecule has 0 saturated heterocycles. The Morgan fingerprint density at radius 1 is 1.26 bits per heavy atom. The number of aryl methyl sites for hydroxylation is 1. The van der Waals surface area contributed by atoms with Gasteiger partial charge in [0.1, 0.15) is 5.78 Å². The maximum atomic E-state index is 12.0. The monoisotopic (exact) mass is 319 g/mol. The number of hydrogen-bond acceptors (Lipinski definition) is 2. The molecule has 0 spiro atoms. The third kappa shape index (κ3) is 3.21. The minimum Gasteiger partial charge on any atom is -0.298 e. The number of ketones is 1. The third-order valence-corrected chi connectivity index (χ3v) is 3.99. The van der Waals surface area contributed by atoms with Crippen LogP contribution in [0.4, 0.5) is 0 Å². The van der Waals surface area contributed by atoms with Gasteiger partial charge in [0, 0.05) is 17.0 Å². The lowest BCUT2D eigenvalue weighted by Gasteiger charge is -2.13. The highest BCUT2D eigenvalue weighted by molar-refractivity contribution is 9.10. The first-order chi connectivity index (χ1) is 8.99. The molecule has 0 N–H and O–H groups in total. The standard InChI is InChI=1S/C16H18BrNO/c1-10(2)16(19)14(17)9-13-6-4-5-12-8-7-11(3)18-15(12)13/h4-8,10,14H,9H2,1-3H3. The molecule has 1 unspecified atom stereocenters. The first-order valence-electron chi connectivity index (χ1n) is 6.52. The average Bonchev–Trinajstić information content (AvgIpc) is 2.38. The minimum absolute atomic E-state index is 0.0500. The molecule has 1 atom stereocenters. The molecular formula is C16H18BrNO. The largest absolute Gasteiger partial charge is 0.298 e. The average molecular weight is 320 g/mol. The van der Waals surface area contributed by atoms with E-state index in [0.29, 0.717) is 6.42 Å². The second-order valence-electron chi connectivity index (χ2n) is 5.17. The number of alkyl halides is 1. The van der Waals surface area contributed by atoms with Crippen molar-refractivity contribution < 1.29 is 4.79 Å². The van der Waals surface area contributed by atoms with E-state index in [-0.39, 0.29) is 16.5 Å². The fraction of sp³-hybridized carbons (Fsp3) is 0.375. The van der Waals surface area contributed by atoms with Crippen LogP contribution in [-0.4, -0.2) is 15.6 Å². The van der Waals surface area contributed by atoms with Crippen LogP contribution in [0.25, 0.3) is 10.9 Å². The van der Waals surface area contributed by atoms with E-state index >= 15 is 0 Å². The molecule has 19 heavy (non-hydrogen) atoms. The second-order valence-corrected chi connectivity index (χ2v) is 6.28. The molecule has 0 saturated carbocycles. The fourth-order valence-corrected chi connectivity index (χ4v) is 3.00. The number of nitrogens with zero attached hydrogens (tertiary/aromatic N) is 1. The number of carbonyl (C=O) groups is 1. The molecule has 0 aliphatic heterocycles. The van der Waals surface area contributed by atoms with Gasteiger partial charge in [-0.05, 0) is 25.0 Å². The van der Waals surface area contributed by atoms with Gasteiger partial charge >= 0.3 is 0 Å². The Morgan fingerprint density at radius 2 is 2.00 bits per heavy atom. The van der Waals surface area contributed by atoms with E-state index in [0.717, 1.165) is 22.2 Å². The Balaban J connectivity index is 2.35. The summed E-state index contributed by atoms with van der Waals surface area (Å²) >= 11 is 3.51. The van der Waals surface area contributed by atoms with Crippen LogP contribution in [-0.2, 0) is 11.2 Å². The molecule has 0 radical (unpaired) electrons. The smallest absolute Gasteiger partial charge is 0.149 e. The van der Waals surface area contributed by atoms with E-state index < -0.39 is 0 Å². The van der Waals surface area contributed by atoms with Crippen molar-refractivity contribution >= 4 is 32.6 Å². The number of pyridine rings is 1. The van der Waals surface area contributed by atoms with Gasteiger partial charge in [-0.25, -0.2) is 0 Å². The van der Waals surface area contributed by atoms with E-state index in [1.165, 1.54) is 0 Å². The Labute approximate surface area is 122 Å². The zero-order chi connectivity index (χ0) is 14.0. The zero-order valence-electron chi connectivity index (χ0n) is 11.5. The number of aromatic nitrogens is 1. The molecule has 3 heteroatoms. The summed E-state index contributed by atoms with van der Waals surface area (Å²) in [6.07, 6.45) is 0.685. The van der Waals surface area contributed by atoms with E-state index in [1.54, 1.807) is 0 Å². The van der Waals surface area contributed by atoms with Crippen LogP contribution >= 0.6 is 15.9 Å². The first kappa shape index (κ1) is 14.2. The van der Waals surface area contributed by atoms with Gasteiger partial charge in [-0.15, -0.1) is 0 Å². The predicted octanol–water partition coefficient (Wildman–Crippen LogP) is 4.07. The Morgan fingerprint density at radius 3 is 2.68 bits per heavy atom. The Bertz CT molecular complexity index is 607. The van der Waals surface area contributed by atoms with Gasteiger partial charge in [0.25, 0.3) is 0 Å². The number of carbonyl (C=O) groups excluding carboxylic acids is 1. The van der Waals surface area contributed by atoms with Crippen molar-refractivity contribution in [1.82, 2.24) is 4.98 Å². The molecule has 1 heterocycles. The summed E-state index contributed by atoms with van der Waals surface area (Å²) < 4.78 is 0. The highest BCUT2D eigenvalue weighted by Crippen LogP contribution is 2.22. The summed E-state index contributed by atoms with van der Waals surface area (Å²) in [4.78, 5) is 16.4. The summed E-state index contributed by atoms with van der Waals surface area (Å²) in [6, 6.07) is 10.2. The minimum atomic E-state index is -0.139. The quantitative estimate of drug-likeness (QED) is 0.795. The highest BCUT2D eigenvalue weighted by atomic mass is 79.9. The van der Waals surface area contributed by atoms with Crippen molar-refractivity contribution in [2.24, 2.45) is 5.92 Å². The molecule has 0 aliphatic carbocycles. The zero-order valence-corrected chi connectivity index (χ0v) is 13.1. The molecule has 0 bridgehead atoms. The van der Waals surface area contributed by atoms with Gasteiger partial charge in [0.2, 0.25) is 0 Å². The lowest BCUT2D eigenvalue weighted by atomic mass is 9.99. The lowest BCUT2D eigenvalue weighted by molar-refractivity contribution is -0.121. The number of para-hydroxylation sites is 1. The van der Waals surface area contributed by atoms with Gasteiger partial charge in [-0.1, -0.05) is 54.0 Å². The number of fused-ring (bicyclic) bond motifs is 1. The number of halogens is 1. The van der Waals surface area contributed by atoms with E-state index in [1.807, 2.05) is 32.9 Å². The van der Waals surface area contributed by atoms with Crippen molar-refractivity contribution in [1.29, 1.82) is 0 Å². The van der Waals surface area contributed by atoms with E-state index in [4.69, 9.17) is 0 Å². The van der Waals surface area contributed by atoms with Crippen molar-refractivity contribution in [2.75, 3.05) is 0 Å². The summed E-state index contributed by atoms with van der Waals surface area (Å²) in [6.45, 7) is 5.85. The molecule has 2 rings (SSSR count). The molecule has 0 amide bonds. The van der Waals surface area contributed by atoms with Crippen LogP contribution in [0.3, 0.4) is 0 Å². The van der Waals surface area contributed by atoms with Crippen LogP contribution < -0.4 is 0 Å². The SMILES string of the molecule is Cc1ccc2cccc(CC(Br)C(=O)C(C)C)c2n1. The summed E-state index contributed by atoms with van der Waals surface area (Å²) in [5, 5.41) is 1.12. The molecular weight excluding hydrogens is 302 g/mol. The van der Waals surface area contributed by atoms with Crippen molar-refractivity contribution in [3.8, 4) is 0 Å². The van der Waals surface area contributed by atoms with Gasteiger partial charge in [-0.2, -0.15) is 0 Å². The highest BCUT2D eigenvalue weighted by Gasteiger charge is 2.19. The van der Waals surface area contributed by atoms with E-state index in [2.05, 4.69) is 39.1 Å². The summed E-state index contributed by atoms with van der Waals surface area (Å²) in [5.41, 5.74) is 3.13. The second kappa shape index (κ2) is 5.83. The van der Waals surface area contributed by atoms with Crippen molar-refractivity contribution in [2.45, 2.75) is 32.0 Å². The number of benzene rings is 1. The van der Waals surface area contributed by atoms with Crippen LogP contribution in [0, 0.1) is 12.8 Å². The molecule has 0 aliphatic rings. The van der Waals surface area contributed by atoms with Crippen LogP contribution in [0.1, 0.15) is 25.1 Å².